The molecule has 0 fully saturated rings. The van der Waals surface area contributed by atoms with Crippen LogP contribution in [0.3, 0.4) is 0 Å². The van der Waals surface area contributed by atoms with E-state index in [2.05, 4.69) is 22.4 Å². The van der Waals surface area contributed by atoms with Crippen LogP contribution in [0.15, 0.2) is 60.9 Å². The van der Waals surface area contributed by atoms with Crippen LogP contribution in [-0.4, -0.2) is 15.0 Å². The number of hydrogen-bond acceptors (Lipinski definition) is 3. The number of aromatic nitrogens is 3. The lowest BCUT2D eigenvalue weighted by Gasteiger charge is -2.10. The summed E-state index contributed by atoms with van der Waals surface area (Å²) in [5, 5.41) is 7.86. The van der Waals surface area contributed by atoms with Crippen molar-refractivity contribution in [3.63, 3.8) is 0 Å². The van der Waals surface area contributed by atoms with Crippen molar-refractivity contribution >= 4 is 5.69 Å². The molecule has 0 saturated carbocycles. The number of nitrogen functional groups attached to an aromatic ring is 1. The highest BCUT2D eigenvalue weighted by molar-refractivity contribution is 5.75. The van der Waals surface area contributed by atoms with Crippen LogP contribution >= 0.6 is 0 Å². The van der Waals surface area contributed by atoms with Gasteiger partial charge in [-0.3, -0.25) is 0 Å². The fourth-order valence-electron chi connectivity index (χ4n) is 1.94. The first-order valence-electron chi connectivity index (χ1n) is 5.66. The third-order valence-corrected chi connectivity index (χ3v) is 2.78. The predicted molar refractivity (Wildman–Crippen MR) is 71.2 cm³/mol. The van der Waals surface area contributed by atoms with Crippen LogP contribution in [0.2, 0.25) is 0 Å². The molecule has 3 aromatic rings. The Labute approximate surface area is 105 Å². The van der Waals surface area contributed by atoms with Crippen molar-refractivity contribution in [2.75, 3.05) is 5.73 Å². The monoisotopic (exact) mass is 236 g/mol. The van der Waals surface area contributed by atoms with E-state index in [1.807, 2.05) is 36.4 Å². The fourth-order valence-corrected chi connectivity index (χ4v) is 1.94. The van der Waals surface area contributed by atoms with Crippen molar-refractivity contribution in [3.05, 3.63) is 60.9 Å². The molecule has 0 radical (unpaired) electrons. The molecule has 0 saturated heterocycles. The summed E-state index contributed by atoms with van der Waals surface area (Å²) < 4.78 is 1.72. The summed E-state index contributed by atoms with van der Waals surface area (Å²) in [7, 11) is 0. The lowest BCUT2D eigenvalue weighted by atomic mass is 10.0. The zero-order valence-electron chi connectivity index (χ0n) is 9.69. The van der Waals surface area contributed by atoms with E-state index in [4.69, 9.17) is 5.73 Å². The van der Waals surface area contributed by atoms with Crippen molar-refractivity contribution in [2.45, 2.75) is 0 Å². The van der Waals surface area contributed by atoms with Gasteiger partial charge in [0.15, 0.2) is 0 Å². The van der Waals surface area contributed by atoms with E-state index in [-0.39, 0.29) is 0 Å². The van der Waals surface area contributed by atoms with Crippen molar-refractivity contribution in [1.29, 1.82) is 0 Å². The third-order valence-electron chi connectivity index (χ3n) is 2.78. The molecule has 0 amide bonds. The molecule has 2 N–H and O–H groups in total. The molecule has 4 heteroatoms. The summed E-state index contributed by atoms with van der Waals surface area (Å²) in [4.78, 5) is 0. The van der Waals surface area contributed by atoms with Crippen LogP contribution < -0.4 is 5.73 Å². The molecular formula is C14H12N4. The first-order chi connectivity index (χ1) is 8.84. The molecule has 2 aromatic carbocycles. The Morgan fingerprint density at radius 2 is 1.83 bits per heavy atom. The minimum Gasteiger partial charge on any atom is -0.399 e. The third kappa shape index (κ3) is 1.84. The average molecular weight is 236 g/mol. The summed E-state index contributed by atoms with van der Waals surface area (Å²) >= 11 is 0. The zero-order chi connectivity index (χ0) is 12.4. The molecule has 88 valence electrons. The number of rotatable bonds is 2. The first kappa shape index (κ1) is 10.5. The summed E-state index contributed by atoms with van der Waals surface area (Å²) in [6, 6.07) is 15.9. The Morgan fingerprint density at radius 1 is 1.00 bits per heavy atom. The highest BCUT2D eigenvalue weighted by Crippen LogP contribution is 2.27. The average Bonchev–Trinajstić information content (AvgIpc) is 2.93. The van der Waals surface area contributed by atoms with Gasteiger partial charge in [0.2, 0.25) is 0 Å². The second-order valence-corrected chi connectivity index (χ2v) is 3.99. The zero-order valence-corrected chi connectivity index (χ0v) is 9.69. The molecule has 0 unspecified atom stereocenters. The quantitative estimate of drug-likeness (QED) is 0.695. The maximum absolute atomic E-state index is 5.85. The predicted octanol–water partition coefficient (Wildman–Crippen LogP) is 2.52. The first-order valence-corrected chi connectivity index (χ1v) is 5.66. The van der Waals surface area contributed by atoms with Gasteiger partial charge < -0.3 is 5.73 Å². The molecular weight excluding hydrogens is 224 g/mol. The van der Waals surface area contributed by atoms with Gasteiger partial charge in [-0.1, -0.05) is 41.6 Å². The summed E-state index contributed by atoms with van der Waals surface area (Å²) in [6.07, 6.45) is 3.46. The lowest BCUT2D eigenvalue weighted by molar-refractivity contribution is 0.805. The van der Waals surface area contributed by atoms with E-state index < -0.39 is 0 Å². The Bertz CT molecular complexity index is 645. The van der Waals surface area contributed by atoms with Crippen LogP contribution in [-0.2, 0) is 0 Å². The van der Waals surface area contributed by atoms with Gasteiger partial charge in [0, 0.05) is 11.3 Å². The Morgan fingerprint density at radius 3 is 2.56 bits per heavy atom. The number of anilines is 1. The topological polar surface area (TPSA) is 56.7 Å². The second kappa shape index (κ2) is 4.33. The Balaban J connectivity index is 2.21. The van der Waals surface area contributed by atoms with Crippen molar-refractivity contribution in [3.8, 4) is 16.8 Å². The van der Waals surface area contributed by atoms with Gasteiger partial charge in [0.1, 0.15) is 0 Å². The van der Waals surface area contributed by atoms with E-state index in [0.29, 0.717) is 5.69 Å². The highest BCUT2D eigenvalue weighted by atomic mass is 15.4. The minimum atomic E-state index is 0.709. The van der Waals surface area contributed by atoms with Crippen molar-refractivity contribution in [1.82, 2.24) is 15.0 Å². The van der Waals surface area contributed by atoms with Gasteiger partial charge in [0.05, 0.1) is 18.1 Å². The van der Waals surface area contributed by atoms with Crippen molar-refractivity contribution < 1.29 is 0 Å². The Kier molecular flexibility index (Phi) is 2.53. The lowest BCUT2D eigenvalue weighted by Crippen LogP contribution is -1.99. The molecule has 0 aliphatic carbocycles. The van der Waals surface area contributed by atoms with Crippen LogP contribution in [0, 0.1) is 0 Å². The van der Waals surface area contributed by atoms with Crippen LogP contribution in [0.4, 0.5) is 5.69 Å². The number of hydrogen-bond donors (Lipinski definition) is 1. The van der Waals surface area contributed by atoms with Gasteiger partial charge in [-0.25, -0.2) is 4.68 Å². The van der Waals surface area contributed by atoms with E-state index >= 15 is 0 Å². The highest BCUT2D eigenvalue weighted by Gasteiger charge is 2.07. The standard InChI is InChI=1S/C14H12N4/c15-12-6-7-13(11-4-2-1-3-5-11)14(10-12)18-9-8-16-17-18/h1-10H,15H2. The van der Waals surface area contributed by atoms with E-state index in [1.54, 1.807) is 17.1 Å². The van der Waals surface area contributed by atoms with Crippen LogP contribution in [0.1, 0.15) is 0 Å². The van der Waals surface area contributed by atoms with Crippen molar-refractivity contribution in [2.24, 2.45) is 0 Å². The fraction of sp³-hybridized carbons (Fsp3) is 0. The maximum atomic E-state index is 5.85. The number of benzene rings is 2. The van der Waals surface area contributed by atoms with Gasteiger partial charge in [-0.15, -0.1) is 5.10 Å². The summed E-state index contributed by atoms with van der Waals surface area (Å²) in [6.45, 7) is 0. The molecule has 0 aliphatic rings. The maximum Gasteiger partial charge on any atom is 0.0762 e. The van der Waals surface area contributed by atoms with E-state index in [1.165, 1.54) is 0 Å². The summed E-state index contributed by atoms with van der Waals surface area (Å²) in [5.41, 5.74) is 9.69. The van der Waals surface area contributed by atoms with Crippen LogP contribution in [0.5, 0.6) is 0 Å². The normalized spacial score (nSPS) is 10.4. The molecule has 0 aliphatic heterocycles. The molecule has 0 bridgehead atoms. The van der Waals surface area contributed by atoms with Gasteiger partial charge in [-0.2, -0.15) is 0 Å². The smallest absolute Gasteiger partial charge is 0.0762 e. The number of nitrogens with zero attached hydrogens (tertiary/aromatic N) is 3. The van der Waals surface area contributed by atoms with Gasteiger partial charge in [-0.05, 0) is 17.7 Å². The molecule has 18 heavy (non-hydrogen) atoms. The SMILES string of the molecule is Nc1ccc(-c2ccccc2)c(-n2ccnn2)c1. The molecule has 1 heterocycles. The van der Waals surface area contributed by atoms with Gasteiger partial charge in [0.25, 0.3) is 0 Å². The Hall–Kier alpha value is -2.62. The molecule has 0 atom stereocenters. The molecule has 0 spiro atoms. The van der Waals surface area contributed by atoms with E-state index in [0.717, 1.165) is 16.8 Å². The molecule has 3 rings (SSSR count). The minimum absolute atomic E-state index is 0.709. The van der Waals surface area contributed by atoms with Crippen LogP contribution in [0.25, 0.3) is 16.8 Å². The van der Waals surface area contributed by atoms with E-state index in [9.17, 15) is 0 Å². The molecule has 1 aromatic heterocycles. The molecule has 4 nitrogen and oxygen atoms in total. The van der Waals surface area contributed by atoms with Gasteiger partial charge >= 0.3 is 0 Å². The number of nitrogens with two attached hydrogens (primary N) is 1. The second-order valence-electron chi connectivity index (χ2n) is 3.99. The summed E-state index contributed by atoms with van der Waals surface area (Å²) in [5.74, 6) is 0. The largest absolute Gasteiger partial charge is 0.399 e.